The lowest BCUT2D eigenvalue weighted by atomic mass is 10.1. The Labute approximate surface area is 184 Å². The number of hydrogen-bond donors (Lipinski definition) is 0. The Balaban J connectivity index is 1.62. The van der Waals surface area contributed by atoms with E-state index in [2.05, 4.69) is 12.1 Å². The van der Waals surface area contributed by atoms with Crippen LogP contribution in [0.5, 0.6) is 0 Å². The maximum atomic E-state index is 13.2. The number of hydrogen-bond acceptors (Lipinski definition) is 6. The zero-order chi connectivity index (χ0) is 22.0. The third-order valence-corrected chi connectivity index (χ3v) is 6.27. The standard InChI is InChI=1S/C23H23N3O4S/c1-15-12-16(2)22-20(13-15)31-23(24-22)25(14-19-4-3-11-30-19)21(27)10-7-17-5-8-18(9-6-17)26(28)29/h5-10,12-13,19H,3-4,11,14H2,1-2H3/b10-7-. The first kappa shape index (κ1) is 21.1. The number of thiazole rings is 1. The average Bonchev–Trinajstić information content (AvgIpc) is 3.40. The predicted octanol–water partition coefficient (Wildman–Crippen LogP) is 5.05. The van der Waals surface area contributed by atoms with E-state index in [1.807, 2.05) is 13.8 Å². The maximum Gasteiger partial charge on any atom is 0.269 e. The molecule has 0 N–H and O–H groups in total. The van der Waals surface area contributed by atoms with Crippen molar-refractivity contribution < 1.29 is 14.5 Å². The molecule has 7 nitrogen and oxygen atoms in total. The van der Waals surface area contributed by atoms with Crippen LogP contribution in [-0.4, -0.2) is 35.1 Å². The highest BCUT2D eigenvalue weighted by Crippen LogP contribution is 2.32. The van der Waals surface area contributed by atoms with Gasteiger partial charge in [-0.05, 0) is 67.7 Å². The number of amides is 1. The molecule has 1 unspecified atom stereocenters. The van der Waals surface area contributed by atoms with Crippen LogP contribution in [0.3, 0.4) is 0 Å². The summed E-state index contributed by atoms with van der Waals surface area (Å²) in [6.45, 7) is 5.23. The zero-order valence-electron chi connectivity index (χ0n) is 17.4. The number of nitro benzene ring substituents is 1. The molecule has 1 saturated heterocycles. The fourth-order valence-corrected chi connectivity index (χ4v) is 4.85. The highest BCUT2D eigenvalue weighted by molar-refractivity contribution is 7.22. The Morgan fingerprint density at radius 2 is 2.10 bits per heavy atom. The van der Waals surface area contributed by atoms with Crippen LogP contribution in [0.1, 0.15) is 29.5 Å². The van der Waals surface area contributed by atoms with Crippen LogP contribution in [0.4, 0.5) is 10.8 Å². The minimum Gasteiger partial charge on any atom is -0.376 e. The smallest absolute Gasteiger partial charge is 0.269 e. The van der Waals surface area contributed by atoms with Gasteiger partial charge in [-0.2, -0.15) is 0 Å². The Morgan fingerprint density at radius 1 is 1.32 bits per heavy atom. The summed E-state index contributed by atoms with van der Waals surface area (Å²) in [5.41, 5.74) is 3.89. The number of non-ortho nitro benzene ring substituents is 1. The van der Waals surface area contributed by atoms with E-state index in [1.165, 1.54) is 29.5 Å². The quantitative estimate of drug-likeness (QED) is 0.306. The zero-order valence-corrected chi connectivity index (χ0v) is 18.2. The molecule has 1 amide bonds. The van der Waals surface area contributed by atoms with Crippen LogP contribution in [0, 0.1) is 24.0 Å². The highest BCUT2D eigenvalue weighted by Gasteiger charge is 2.25. The molecule has 1 aromatic heterocycles. The fourth-order valence-electron chi connectivity index (χ4n) is 3.69. The van der Waals surface area contributed by atoms with Gasteiger partial charge < -0.3 is 4.74 Å². The minimum absolute atomic E-state index is 0.00781. The first-order chi connectivity index (χ1) is 14.9. The van der Waals surface area contributed by atoms with Crippen molar-refractivity contribution in [3.8, 4) is 0 Å². The van der Waals surface area contributed by atoms with E-state index in [4.69, 9.17) is 9.72 Å². The van der Waals surface area contributed by atoms with Crippen molar-refractivity contribution in [2.45, 2.75) is 32.8 Å². The Kier molecular flexibility index (Phi) is 6.11. The van der Waals surface area contributed by atoms with Gasteiger partial charge in [0.1, 0.15) is 0 Å². The summed E-state index contributed by atoms with van der Waals surface area (Å²) < 4.78 is 6.82. The second kappa shape index (κ2) is 8.95. The van der Waals surface area contributed by atoms with Gasteiger partial charge in [-0.15, -0.1) is 0 Å². The number of anilines is 1. The third kappa shape index (κ3) is 4.81. The Morgan fingerprint density at radius 3 is 2.77 bits per heavy atom. The number of nitro groups is 1. The second-order valence-electron chi connectivity index (χ2n) is 7.69. The Bertz CT molecular complexity index is 1150. The SMILES string of the molecule is Cc1cc(C)c2nc(N(CC3CCCO3)C(=O)/C=C\c3ccc([N+](=O)[O-])cc3)sc2c1. The summed E-state index contributed by atoms with van der Waals surface area (Å²) in [5.74, 6) is -0.192. The molecule has 1 aliphatic rings. The topological polar surface area (TPSA) is 85.6 Å². The Hall–Kier alpha value is -3.10. The van der Waals surface area contributed by atoms with E-state index in [-0.39, 0.29) is 17.7 Å². The predicted molar refractivity (Wildman–Crippen MR) is 123 cm³/mol. The van der Waals surface area contributed by atoms with Crippen LogP contribution in [-0.2, 0) is 9.53 Å². The van der Waals surface area contributed by atoms with Crippen molar-refractivity contribution in [1.82, 2.24) is 4.98 Å². The number of carbonyl (C=O) groups is 1. The molecule has 31 heavy (non-hydrogen) atoms. The van der Waals surface area contributed by atoms with Crippen molar-refractivity contribution in [2.24, 2.45) is 0 Å². The lowest BCUT2D eigenvalue weighted by Crippen LogP contribution is -2.36. The number of ether oxygens (including phenoxy) is 1. The number of carbonyl (C=O) groups excluding carboxylic acids is 1. The number of benzene rings is 2. The lowest BCUT2D eigenvalue weighted by molar-refractivity contribution is -0.384. The molecular weight excluding hydrogens is 414 g/mol. The molecule has 4 rings (SSSR count). The van der Waals surface area contributed by atoms with Crippen LogP contribution < -0.4 is 4.90 Å². The van der Waals surface area contributed by atoms with E-state index in [0.29, 0.717) is 23.8 Å². The molecule has 1 aliphatic heterocycles. The van der Waals surface area contributed by atoms with Crippen molar-refractivity contribution >= 4 is 44.4 Å². The fraction of sp³-hybridized carbons (Fsp3) is 0.304. The van der Waals surface area contributed by atoms with Gasteiger partial charge in [-0.3, -0.25) is 19.8 Å². The van der Waals surface area contributed by atoms with E-state index >= 15 is 0 Å². The summed E-state index contributed by atoms with van der Waals surface area (Å²) in [6, 6.07) is 10.3. The summed E-state index contributed by atoms with van der Waals surface area (Å²) in [4.78, 5) is 30.0. The first-order valence-corrected chi connectivity index (χ1v) is 11.0. The van der Waals surface area contributed by atoms with Gasteiger partial charge in [0.05, 0.1) is 27.8 Å². The number of nitrogens with zero attached hydrogens (tertiary/aromatic N) is 3. The average molecular weight is 438 g/mol. The van der Waals surface area contributed by atoms with Crippen LogP contribution in [0.2, 0.25) is 0 Å². The lowest BCUT2D eigenvalue weighted by Gasteiger charge is -2.21. The van der Waals surface area contributed by atoms with Gasteiger partial charge in [0.2, 0.25) is 0 Å². The molecule has 1 atom stereocenters. The van der Waals surface area contributed by atoms with E-state index in [9.17, 15) is 14.9 Å². The summed E-state index contributed by atoms with van der Waals surface area (Å²) in [5, 5.41) is 11.5. The van der Waals surface area contributed by atoms with Gasteiger partial charge in [0.15, 0.2) is 5.13 Å². The largest absolute Gasteiger partial charge is 0.376 e. The van der Waals surface area contributed by atoms with Crippen molar-refractivity contribution in [1.29, 1.82) is 0 Å². The molecule has 1 fully saturated rings. The van der Waals surface area contributed by atoms with Gasteiger partial charge in [0.25, 0.3) is 11.6 Å². The monoisotopic (exact) mass is 437 g/mol. The minimum atomic E-state index is -0.446. The second-order valence-corrected chi connectivity index (χ2v) is 8.70. The molecule has 0 saturated carbocycles. The van der Waals surface area contributed by atoms with E-state index < -0.39 is 4.92 Å². The van der Waals surface area contributed by atoms with Crippen LogP contribution >= 0.6 is 11.3 Å². The van der Waals surface area contributed by atoms with Gasteiger partial charge in [-0.25, -0.2) is 4.98 Å². The van der Waals surface area contributed by atoms with Gasteiger partial charge in [0, 0.05) is 24.8 Å². The van der Waals surface area contributed by atoms with E-state index in [1.54, 1.807) is 23.1 Å². The van der Waals surface area contributed by atoms with Crippen molar-refractivity contribution in [3.05, 3.63) is 69.3 Å². The van der Waals surface area contributed by atoms with Crippen molar-refractivity contribution in [2.75, 3.05) is 18.1 Å². The molecule has 2 aromatic carbocycles. The molecule has 0 spiro atoms. The summed E-state index contributed by atoms with van der Waals surface area (Å²) in [7, 11) is 0. The molecule has 8 heteroatoms. The third-order valence-electron chi connectivity index (χ3n) is 5.25. The first-order valence-electron chi connectivity index (χ1n) is 10.1. The molecule has 2 heterocycles. The van der Waals surface area contributed by atoms with E-state index in [0.717, 1.165) is 34.2 Å². The van der Waals surface area contributed by atoms with Crippen molar-refractivity contribution in [3.63, 3.8) is 0 Å². The normalized spacial score (nSPS) is 16.3. The number of aryl methyl sites for hydroxylation is 2. The van der Waals surface area contributed by atoms with Gasteiger partial charge in [-0.1, -0.05) is 17.4 Å². The molecule has 0 aliphatic carbocycles. The highest BCUT2D eigenvalue weighted by atomic mass is 32.1. The molecule has 3 aromatic rings. The summed E-state index contributed by atoms with van der Waals surface area (Å²) in [6.07, 6.45) is 5.05. The maximum absolute atomic E-state index is 13.2. The van der Waals surface area contributed by atoms with Gasteiger partial charge >= 0.3 is 0 Å². The molecule has 160 valence electrons. The molecule has 0 radical (unpaired) electrons. The number of rotatable bonds is 6. The van der Waals surface area contributed by atoms with Crippen LogP contribution in [0.15, 0.2) is 42.5 Å². The van der Waals surface area contributed by atoms with Crippen LogP contribution in [0.25, 0.3) is 16.3 Å². The number of aromatic nitrogens is 1. The summed E-state index contributed by atoms with van der Waals surface area (Å²) >= 11 is 1.50. The molecular formula is C23H23N3O4S. The molecule has 0 bridgehead atoms. The number of fused-ring (bicyclic) bond motifs is 1.